The first-order chi connectivity index (χ1) is 12.1. The molecule has 0 unspecified atom stereocenters. The van der Waals surface area contributed by atoms with Crippen molar-refractivity contribution in [2.45, 2.75) is 44.8 Å². The Morgan fingerprint density at radius 1 is 1.27 bits per heavy atom. The number of hydrogen-bond acceptors (Lipinski definition) is 4. The number of aryl methyl sites for hydroxylation is 1. The van der Waals surface area contributed by atoms with Crippen molar-refractivity contribution in [1.29, 1.82) is 0 Å². The van der Waals surface area contributed by atoms with Gasteiger partial charge in [0.15, 0.2) is 5.16 Å². The Morgan fingerprint density at radius 3 is 2.46 bits per heavy atom. The van der Waals surface area contributed by atoms with Gasteiger partial charge < -0.3 is 5.32 Å². The van der Waals surface area contributed by atoms with E-state index in [1.54, 1.807) is 7.05 Å². The van der Waals surface area contributed by atoms with Crippen molar-refractivity contribution < 1.29 is 4.79 Å². The molecule has 7 heteroatoms. The number of amides is 1. The van der Waals surface area contributed by atoms with Gasteiger partial charge in [0.05, 0.1) is 5.75 Å². The first-order valence-corrected chi connectivity index (χ1v) is 10.1. The molecule has 1 aromatic carbocycles. The SMILES string of the molecule is Cc1nc(SCC(=O)NC(C)(C)C)n(C)c(=O)c1Cc1ccc(Br)cc1. The first-order valence-electron chi connectivity index (χ1n) is 8.31. The number of carbonyl (C=O) groups is 1. The molecule has 1 N–H and O–H groups in total. The number of halogens is 1. The molecule has 1 heterocycles. The zero-order valence-electron chi connectivity index (χ0n) is 15.7. The average Bonchev–Trinajstić information content (AvgIpc) is 2.54. The second-order valence-corrected chi connectivity index (χ2v) is 9.07. The second-order valence-electron chi connectivity index (χ2n) is 7.21. The number of nitrogens with zero attached hydrogens (tertiary/aromatic N) is 2. The summed E-state index contributed by atoms with van der Waals surface area (Å²) in [4.78, 5) is 29.3. The van der Waals surface area contributed by atoms with Gasteiger partial charge in [-0.1, -0.05) is 39.8 Å². The smallest absolute Gasteiger partial charge is 0.257 e. The lowest BCUT2D eigenvalue weighted by atomic mass is 10.1. The van der Waals surface area contributed by atoms with Crippen LogP contribution in [0.25, 0.3) is 0 Å². The van der Waals surface area contributed by atoms with Crippen LogP contribution in [-0.4, -0.2) is 26.8 Å². The van der Waals surface area contributed by atoms with Crippen LogP contribution in [-0.2, 0) is 18.3 Å². The van der Waals surface area contributed by atoms with Crippen molar-refractivity contribution in [3.8, 4) is 0 Å². The Balaban J connectivity index is 2.18. The van der Waals surface area contributed by atoms with Gasteiger partial charge in [-0.2, -0.15) is 0 Å². The molecular weight excluding hydrogens is 414 g/mol. The third-order valence-corrected chi connectivity index (χ3v) is 5.25. The third kappa shape index (κ3) is 5.71. The van der Waals surface area contributed by atoms with Gasteiger partial charge in [0.1, 0.15) is 0 Å². The van der Waals surface area contributed by atoms with E-state index in [2.05, 4.69) is 26.2 Å². The third-order valence-electron chi connectivity index (χ3n) is 3.69. The molecule has 0 saturated heterocycles. The summed E-state index contributed by atoms with van der Waals surface area (Å²) in [6.07, 6.45) is 0.536. The summed E-state index contributed by atoms with van der Waals surface area (Å²) >= 11 is 4.69. The Bertz CT molecular complexity index is 855. The van der Waals surface area contributed by atoms with Crippen molar-refractivity contribution in [3.05, 3.63) is 55.9 Å². The molecule has 0 aliphatic rings. The molecular formula is C19H24BrN3O2S. The van der Waals surface area contributed by atoms with E-state index in [1.165, 1.54) is 16.3 Å². The van der Waals surface area contributed by atoms with Crippen molar-refractivity contribution in [2.75, 3.05) is 5.75 Å². The number of aromatic nitrogens is 2. The predicted molar refractivity (Wildman–Crippen MR) is 110 cm³/mol. The van der Waals surface area contributed by atoms with Gasteiger partial charge in [0.2, 0.25) is 5.91 Å². The lowest BCUT2D eigenvalue weighted by molar-refractivity contribution is -0.119. The largest absolute Gasteiger partial charge is 0.351 e. The molecule has 0 saturated carbocycles. The molecule has 140 valence electrons. The van der Waals surface area contributed by atoms with Crippen LogP contribution in [0.5, 0.6) is 0 Å². The summed E-state index contributed by atoms with van der Waals surface area (Å²) in [5, 5.41) is 3.46. The molecule has 0 aliphatic heterocycles. The molecule has 0 atom stereocenters. The zero-order chi connectivity index (χ0) is 19.5. The highest BCUT2D eigenvalue weighted by atomic mass is 79.9. The van der Waals surface area contributed by atoms with Gasteiger partial charge >= 0.3 is 0 Å². The van der Waals surface area contributed by atoms with Crippen LogP contribution in [0.4, 0.5) is 0 Å². The maximum absolute atomic E-state index is 12.8. The first kappa shape index (κ1) is 20.7. The highest BCUT2D eigenvalue weighted by Crippen LogP contribution is 2.18. The number of nitrogens with one attached hydrogen (secondary N) is 1. The Hall–Kier alpha value is -1.60. The minimum absolute atomic E-state index is 0.0702. The van der Waals surface area contributed by atoms with Gasteiger partial charge in [-0.05, 0) is 45.4 Å². The fourth-order valence-electron chi connectivity index (χ4n) is 2.45. The van der Waals surface area contributed by atoms with E-state index in [0.717, 1.165) is 10.0 Å². The zero-order valence-corrected chi connectivity index (χ0v) is 18.1. The minimum Gasteiger partial charge on any atom is -0.351 e. The highest BCUT2D eigenvalue weighted by Gasteiger charge is 2.17. The van der Waals surface area contributed by atoms with E-state index in [-0.39, 0.29) is 22.8 Å². The molecule has 0 aliphatic carbocycles. The Labute approximate surface area is 166 Å². The molecule has 26 heavy (non-hydrogen) atoms. The van der Waals surface area contributed by atoms with E-state index in [4.69, 9.17) is 0 Å². The molecule has 5 nitrogen and oxygen atoms in total. The summed E-state index contributed by atoms with van der Waals surface area (Å²) in [7, 11) is 1.70. The monoisotopic (exact) mass is 437 g/mol. The van der Waals surface area contributed by atoms with Gasteiger partial charge in [-0.3, -0.25) is 14.2 Å². The van der Waals surface area contributed by atoms with Crippen LogP contribution in [0.3, 0.4) is 0 Å². The number of carbonyl (C=O) groups excluding carboxylic acids is 1. The van der Waals surface area contributed by atoms with Crippen LogP contribution >= 0.6 is 27.7 Å². The molecule has 0 spiro atoms. The topological polar surface area (TPSA) is 64.0 Å². The molecule has 1 aromatic heterocycles. The summed E-state index contributed by atoms with van der Waals surface area (Å²) in [5.41, 5.74) is 2.09. The van der Waals surface area contributed by atoms with Crippen LogP contribution in [0.15, 0.2) is 38.7 Å². The van der Waals surface area contributed by atoms with Crippen molar-refractivity contribution in [1.82, 2.24) is 14.9 Å². The number of thioether (sulfide) groups is 1. The Morgan fingerprint density at radius 2 is 1.88 bits per heavy atom. The standard InChI is InChI=1S/C19H24BrN3O2S/c1-12-15(10-13-6-8-14(20)9-7-13)17(25)23(5)18(21-12)26-11-16(24)22-19(2,3)4/h6-9H,10-11H2,1-5H3,(H,22,24). The van der Waals surface area contributed by atoms with Crippen LogP contribution < -0.4 is 10.9 Å². The fourth-order valence-corrected chi connectivity index (χ4v) is 3.53. The van der Waals surface area contributed by atoms with E-state index in [1.807, 2.05) is 52.0 Å². The molecule has 2 rings (SSSR count). The fraction of sp³-hybridized carbons (Fsp3) is 0.421. The maximum atomic E-state index is 12.8. The van der Waals surface area contributed by atoms with Gasteiger partial charge in [-0.15, -0.1) is 0 Å². The molecule has 1 amide bonds. The van der Waals surface area contributed by atoms with Gasteiger partial charge in [-0.25, -0.2) is 4.98 Å². The van der Waals surface area contributed by atoms with E-state index < -0.39 is 0 Å². The quantitative estimate of drug-likeness (QED) is 0.574. The molecule has 0 fully saturated rings. The summed E-state index contributed by atoms with van der Waals surface area (Å²) in [5.74, 6) is 0.150. The number of benzene rings is 1. The van der Waals surface area contributed by atoms with Gasteiger partial charge in [0, 0.05) is 34.7 Å². The summed E-state index contributed by atoms with van der Waals surface area (Å²) in [6.45, 7) is 7.65. The van der Waals surface area contributed by atoms with Crippen LogP contribution in [0.2, 0.25) is 0 Å². The predicted octanol–water partition coefficient (Wildman–Crippen LogP) is 3.45. The number of rotatable bonds is 5. The highest BCUT2D eigenvalue weighted by molar-refractivity contribution is 9.10. The Kier molecular flexibility index (Phi) is 6.69. The van der Waals surface area contributed by atoms with E-state index >= 15 is 0 Å². The van der Waals surface area contributed by atoms with Crippen molar-refractivity contribution in [2.24, 2.45) is 7.05 Å². The summed E-state index contributed by atoms with van der Waals surface area (Å²) < 4.78 is 2.53. The summed E-state index contributed by atoms with van der Waals surface area (Å²) in [6, 6.07) is 7.90. The van der Waals surface area contributed by atoms with Crippen molar-refractivity contribution >= 4 is 33.6 Å². The maximum Gasteiger partial charge on any atom is 0.257 e. The normalized spacial score (nSPS) is 11.5. The van der Waals surface area contributed by atoms with Crippen LogP contribution in [0.1, 0.15) is 37.6 Å². The van der Waals surface area contributed by atoms with E-state index in [0.29, 0.717) is 22.8 Å². The van der Waals surface area contributed by atoms with Crippen LogP contribution in [0, 0.1) is 6.92 Å². The number of hydrogen-bond donors (Lipinski definition) is 1. The molecule has 0 radical (unpaired) electrons. The second kappa shape index (κ2) is 8.39. The average molecular weight is 438 g/mol. The lowest BCUT2D eigenvalue weighted by Gasteiger charge is -2.20. The molecule has 2 aromatic rings. The van der Waals surface area contributed by atoms with Crippen molar-refractivity contribution in [3.63, 3.8) is 0 Å². The minimum atomic E-state index is -0.276. The van der Waals surface area contributed by atoms with Gasteiger partial charge in [0.25, 0.3) is 5.56 Å². The molecule has 0 bridgehead atoms. The van der Waals surface area contributed by atoms with E-state index in [9.17, 15) is 9.59 Å². The lowest BCUT2D eigenvalue weighted by Crippen LogP contribution is -2.41.